The number of methoxy groups -OCH3 is 1. The summed E-state index contributed by atoms with van der Waals surface area (Å²) in [5.41, 5.74) is 1.71. The molecule has 152 valence electrons. The van der Waals surface area contributed by atoms with E-state index in [0.29, 0.717) is 17.9 Å². The lowest BCUT2D eigenvalue weighted by Gasteiger charge is -2.39. The summed E-state index contributed by atoms with van der Waals surface area (Å²) in [6.45, 7) is 9.84. The first-order valence-electron chi connectivity index (χ1n) is 10.1. The number of hydrogen-bond acceptors (Lipinski definition) is 8. The smallest absolute Gasteiger partial charge is 0.266 e. The van der Waals surface area contributed by atoms with Crippen LogP contribution in [-0.4, -0.2) is 72.6 Å². The predicted octanol–water partition coefficient (Wildman–Crippen LogP) is 2.56. The highest BCUT2D eigenvalue weighted by Crippen LogP contribution is 2.30. The standard InChI is InChI=1S/C20H29N5O3/c1-14(2)18-17(26-3)12-15(13-21-18)19-22-20(23-28-19)25-6-4-16(5-7-25)24-8-10-27-11-9-24/h12-14,16H,4-11H2,1-3H3. The summed E-state index contributed by atoms with van der Waals surface area (Å²) < 4.78 is 16.5. The zero-order valence-corrected chi connectivity index (χ0v) is 16.9. The highest BCUT2D eigenvalue weighted by Gasteiger charge is 2.28. The summed E-state index contributed by atoms with van der Waals surface area (Å²) in [5, 5.41) is 4.20. The van der Waals surface area contributed by atoms with E-state index in [1.54, 1.807) is 13.3 Å². The highest BCUT2D eigenvalue weighted by molar-refractivity contribution is 5.57. The third-order valence-corrected chi connectivity index (χ3v) is 5.62. The van der Waals surface area contributed by atoms with E-state index in [1.807, 2.05) is 6.07 Å². The van der Waals surface area contributed by atoms with E-state index in [2.05, 4.69) is 38.8 Å². The van der Waals surface area contributed by atoms with Gasteiger partial charge in [0.05, 0.1) is 31.6 Å². The number of aromatic nitrogens is 3. The molecule has 2 saturated heterocycles. The third-order valence-electron chi connectivity index (χ3n) is 5.62. The lowest BCUT2D eigenvalue weighted by molar-refractivity contribution is 0.0114. The van der Waals surface area contributed by atoms with Crippen LogP contribution >= 0.6 is 0 Å². The molecule has 0 spiro atoms. The molecule has 2 aliphatic heterocycles. The maximum absolute atomic E-state index is 5.52. The zero-order chi connectivity index (χ0) is 19.5. The molecule has 0 aliphatic carbocycles. The molecular weight excluding hydrogens is 358 g/mol. The SMILES string of the molecule is COc1cc(-c2nc(N3CCC(N4CCOCC4)CC3)no2)cnc1C(C)C. The summed E-state index contributed by atoms with van der Waals surface area (Å²) in [4.78, 5) is 13.9. The molecule has 0 atom stereocenters. The quantitative estimate of drug-likeness (QED) is 0.775. The number of anilines is 1. The molecule has 2 aromatic heterocycles. The largest absolute Gasteiger partial charge is 0.495 e. The van der Waals surface area contributed by atoms with Gasteiger partial charge in [-0.25, -0.2) is 0 Å². The van der Waals surface area contributed by atoms with Gasteiger partial charge in [-0.05, 0) is 30.0 Å². The molecular formula is C20H29N5O3. The van der Waals surface area contributed by atoms with E-state index in [0.717, 1.165) is 69.2 Å². The first kappa shape index (κ1) is 19.1. The average Bonchev–Trinajstić information content (AvgIpc) is 3.24. The molecule has 28 heavy (non-hydrogen) atoms. The van der Waals surface area contributed by atoms with E-state index in [-0.39, 0.29) is 5.92 Å². The minimum absolute atomic E-state index is 0.287. The maximum Gasteiger partial charge on any atom is 0.266 e. The van der Waals surface area contributed by atoms with Crippen LogP contribution in [0.2, 0.25) is 0 Å². The summed E-state index contributed by atoms with van der Waals surface area (Å²) in [5.74, 6) is 2.17. The van der Waals surface area contributed by atoms with Crippen molar-refractivity contribution in [2.75, 3.05) is 51.4 Å². The molecule has 0 amide bonds. The first-order valence-corrected chi connectivity index (χ1v) is 10.1. The number of ether oxygens (including phenoxy) is 2. The van der Waals surface area contributed by atoms with Crippen LogP contribution < -0.4 is 9.64 Å². The molecule has 4 heterocycles. The molecule has 2 aliphatic rings. The van der Waals surface area contributed by atoms with Crippen molar-refractivity contribution in [3.63, 3.8) is 0 Å². The maximum atomic E-state index is 5.52. The summed E-state index contributed by atoms with van der Waals surface area (Å²) >= 11 is 0. The minimum atomic E-state index is 0.287. The molecule has 4 rings (SSSR count). The van der Waals surface area contributed by atoms with Gasteiger partial charge in [0.25, 0.3) is 11.8 Å². The van der Waals surface area contributed by atoms with Gasteiger partial charge in [-0.3, -0.25) is 9.88 Å². The second-order valence-electron chi connectivity index (χ2n) is 7.73. The highest BCUT2D eigenvalue weighted by atomic mass is 16.5. The van der Waals surface area contributed by atoms with Crippen molar-refractivity contribution < 1.29 is 14.0 Å². The first-order chi connectivity index (χ1) is 13.7. The van der Waals surface area contributed by atoms with Crippen LogP contribution in [0.3, 0.4) is 0 Å². The van der Waals surface area contributed by atoms with Crippen molar-refractivity contribution in [3.05, 3.63) is 18.0 Å². The number of pyridine rings is 1. The molecule has 0 N–H and O–H groups in total. The topological polar surface area (TPSA) is 76.8 Å². The van der Waals surface area contributed by atoms with Gasteiger partial charge in [-0.15, -0.1) is 0 Å². The Hall–Kier alpha value is -2.19. The molecule has 2 aromatic rings. The van der Waals surface area contributed by atoms with Crippen molar-refractivity contribution >= 4 is 5.95 Å². The van der Waals surface area contributed by atoms with Crippen LogP contribution in [-0.2, 0) is 4.74 Å². The molecule has 0 bridgehead atoms. The van der Waals surface area contributed by atoms with Crippen LogP contribution in [0.25, 0.3) is 11.5 Å². The Bertz CT molecular complexity index is 780. The molecule has 0 saturated carbocycles. The van der Waals surface area contributed by atoms with Gasteiger partial charge in [0, 0.05) is 38.4 Å². The Morgan fingerprint density at radius 2 is 1.89 bits per heavy atom. The second kappa shape index (κ2) is 8.45. The molecule has 0 radical (unpaired) electrons. The number of nitrogens with zero attached hydrogens (tertiary/aromatic N) is 5. The normalized spacial score (nSPS) is 19.4. The zero-order valence-electron chi connectivity index (χ0n) is 16.9. The lowest BCUT2D eigenvalue weighted by atomic mass is 10.0. The van der Waals surface area contributed by atoms with E-state index in [4.69, 9.17) is 14.0 Å². The van der Waals surface area contributed by atoms with E-state index < -0.39 is 0 Å². The second-order valence-corrected chi connectivity index (χ2v) is 7.73. The fourth-order valence-corrected chi connectivity index (χ4v) is 4.00. The number of morpholine rings is 1. The third kappa shape index (κ3) is 3.98. The van der Waals surface area contributed by atoms with Gasteiger partial charge in [-0.1, -0.05) is 13.8 Å². The Morgan fingerprint density at radius 3 is 2.57 bits per heavy atom. The van der Waals surface area contributed by atoms with E-state index >= 15 is 0 Å². The Morgan fingerprint density at radius 1 is 1.14 bits per heavy atom. The van der Waals surface area contributed by atoms with E-state index in [9.17, 15) is 0 Å². The van der Waals surface area contributed by atoms with Crippen molar-refractivity contribution in [2.45, 2.75) is 38.6 Å². The Balaban J connectivity index is 1.42. The Labute approximate surface area is 165 Å². The van der Waals surface area contributed by atoms with Crippen molar-refractivity contribution in [1.29, 1.82) is 0 Å². The van der Waals surface area contributed by atoms with Gasteiger partial charge >= 0.3 is 0 Å². The number of hydrogen-bond donors (Lipinski definition) is 0. The molecule has 0 unspecified atom stereocenters. The average molecular weight is 387 g/mol. The van der Waals surface area contributed by atoms with Crippen LogP contribution in [0.5, 0.6) is 5.75 Å². The van der Waals surface area contributed by atoms with Gasteiger partial charge < -0.3 is 18.9 Å². The fourth-order valence-electron chi connectivity index (χ4n) is 4.00. The van der Waals surface area contributed by atoms with Gasteiger partial charge in [0.15, 0.2) is 0 Å². The fraction of sp³-hybridized carbons (Fsp3) is 0.650. The number of rotatable bonds is 5. The monoisotopic (exact) mass is 387 g/mol. The molecule has 2 fully saturated rings. The summed E-state index contributed by atoms with van der Waals surface area (Å²) in [6.07, 6.45) is 4.00. The molecule has 8 nitrogen and oxygen atoms in total. The van der Waals surface area contributed by atoms with Crippen LogP contribution in [0.15, 0.2) is 16.8 Å². The van der Waals surface area contributed by atoms with Crippen LogP contribution in [0.1, 0.15) is 38.3 Å². The van der Waals surface area contributed by atoms with E-state index in [1.165, 1.54) is 0 Å². The van der Waals surface area contributed by atoms with Crippen LogP contribution in [0.4, 0.5) is 5.95 Å². The lowest BCUT2D eigenvalue weighted by Crippen LogP contribution is -2.49. The molecule has 0 aromatic carbocycles. The predicted molar refractivity (Wildman–Crippen MR) is 106 cm³/mol. The van der Waals surface area contributed by atoms with Gasteiger partial charge in [0.2, 0.25) is 0 Å². The molecule has 8 heteroatoms. The Kier molecular flexibility index (Phi) is 5.77. The van der Waals surface area contributed by atoms with Crippen molar-refractivity contribution in [3.8, 4) is 17.2 Å². The van der Waals surface area contributed by atoms with Crippen LogP contribution in [0, 0.1) is 0 Å². The van der Waals surface area contributed by atoms with Gasteiger partial charge in [-0.2, -0.15) is 4.98 Å². The number of piperidine rings is 1. The van der Waals surface area contributed by atoms with Crippen molar-refractivity contribution in [1.82, 2.24) is 20.0 Å². The summed E-state index contributed by atoms with van der Waals surface area (Å²) in [6, 6.07) is 2.55. The summed E-state index contributed by atoms with van der Waals surface area (Å²) in [7, 11) is 1.66. The minimum Gasteiger partial charge on any atom is -0.495 e. The van der Waals surface area contributed by atoms with Gasteiger partial charge in [0.1, 0.15) is 5.75 Å². The van der Waals surface area contributed by atoms with Crippen molar-refractivity contribution in [2.24, 2.45) is 0 Å².